The van der Waals surface area contributed by atoms with Crippen LogP contribution in [0.5, 0.6) is 0 Å². The number of nitrogens with zero attached hydrogens (tertiary/aromatic N) is 1. The molecule has 132 valence electrons. The van der Waals surface area contributed by atoms with Gasteiger partial charge in [0, 0.05) is 11.6 Å². The summed E-state index contributed by atoms with van der Waals surface area (Å²) in [6, 6.07) is 6.85. The molecule has 1 atom stereocenters. The minimum atomic E-state index is -0.782. The Hall–Kier alpha value is -2.70. The molecular weight excluding hydrogens is 324 g/mol. The molecule has 1 aliphatic carbocycles. The zero-order valence-corrected chi connectivity index (χ0v) is 14.0. The van der Waals surface area contributed by atoms with Gasteiger partial charge < -0.3 is 10.1 Å². The van der Waals surface area contributed by atoms with Crippen molar-refractivity contribution in [2.75, 3.05) is 13.2 Å². The zero-order chi connectivity index (χ0) is 18.0. The Labute approximate surface area is 145 Å². The Morgan fingerprint density at radius 1 is 1.28 bits per heavy atom. The summed E-state index contributed by atoms with van der Waals surface area (Å²) in [7, 11) is 0. The van der Waals surface area contributed by atoms with Gasteiger partial charge in [0.15, 0.2) is 6.61 Å². The standard InChI is InChI=1S/C18H20N2O5/c1-11(12-6-7-12)19-15(21)10-25-17(23)9-20-16(22)8-13-4-2-3-5-14(13)18(20)24/h2-5,11-12H,6-10H2,1H3,(H,19,21)/t11-/m0/s1. The predicted molar refractivity (Wildman–Crippen MR) is 87.5 cm³/mol. The first-order valence-corrected chi connectivity index (χ1v) is 8.33. The first-order valence-electron chi connectivity index (χ1n) is 8.33. The van der Waals surface area contributed by atoms with Crippen LogP contribution in [-0.2, 0) is 25.5 Å². The van der Waals surface area contributed by atoms with Gasteiger partial charge in [0.1, 0.15) is 6.54 Å². The lowest BCUT2D eigenvalue weighted by atomic mass is 9.98. The van der Waals surface area contributed by atoms with Crippen LogP contribution < -0.4 is 5.32 Å². The van der Waals surface area contributed by atoms with E-state index in [9.17, 15) is 19.2 Å². The Balaban J connectivity index is 1.51. The Bertz CT molecular complexity index is 726. The van der Waals surface area contributed by atoms with E-state index in [1.807, 2.05) is 6.92 Å². The number of carbonyl (C=O) groups is 4. The van der Waals surface area contributed by atoms with E-state index in [0.29, 0.717) is 17.0 Å². The number of nitrogens with one attached hydrogen (secondary N) is 1. The number of imide groups is 1. The van der Waals surface area contributed by atoms with E-state index < -0.39 is 30.9 Å². The summed E-state index contributed by atoms with van der Waals surface area (Å²) in [5.74, 6) is -1.63. The molecule has 1 heterocycles. The number of hydrogen-bond donors (Lipinski definition) is 1. The molecule has 0 saturated heterocycles. The van der Waals surface area contributed by atoms with Crippen molar-refractivity contribution in [2.45, 2.75) is 32.2 Å². The second kappa shape index (κ2) is 7.04. The fraction of sp³-hybridized carbons (Fsp3) is 0.444. The lowest BCUT2D eigenvalue weighted by Gasteiger charge is -2.25. The molecule has 7 heteroatoms. The highest BCUT2D eigenvalue weighted by Crippen LogP contribution is 2.32. The summed E-state index contributed by atoms with van der Waals surface area (Å²) >= 11 is 0. The monoisotopic (exact) mass is 344 g/mol. The van der Waals surface area contributed by atoms with Gasteiger partial charge >= 0.3 is 5.97 Å². The molecule has 3 amide bonds. The van der Waals surface area contributed by atoms with Gasteiger partial charge in [0.25, 0.3) is 11.8 Å². The molecule has 1 aliphatic heterocycles. The molecule has 0 unspecified atom stereocenters. The molecule has 25 heavy (non-hydrogen) atoms. The minimum absolute atomic E-state index is 0.0629. The molecule has 3 rings (SSSR count). The van der Waals surface area contributed by atoms with E-state index in [1.54, 1.807) is 24.3 Å². The first kappa shape index (κ1) is 17.1. The van der Waals surface area contributed by atoms with E-state index in [2.05, 4.69) is 5.32 Å². The number of rotatable bonds is 6. The largest absolute Gasteiger partial charge is 0.454 e. The van der Waals surface area contributed by atoms with Crippen molar-refractivity contribution >= 4 is 23.7 Å². The molecule has 1 aromatic carbocycles. The van der Waals surface area contributed by atoms with Crippen molar-refractivity contribution in [3.05, 3.63) is 35.4 Å². The lowest BCUT2D eigenvalue weighted by Crippen LogP contribution is -2.46. The maximum absolute atomic E-state index is 12.3. The second-order valence-electron chi connectivity index (χ2n) is 6.47. The van der Waals surface area contributed by atoms with Gasteiger partial charge in [-0.2, -0.15) is 0 Å². The smallest absolute Gasteiger partial charge is 0.326 e. The molecule has 1 N–H and O–H groups in total. The number of amides is 3. The van der Waals surface area contributed by atoms with Gasteiger partial charge in [0.05, 0.1) is 6.42 Å². The molecule has 0 bridgehead atoms. The maximum atomic E-state index is 12.3. The van der Waals surface area contributed by atoms with Crippen LogP contribution in [0.25, 0.3) is 0 Å². The van der Waals surface area contributed by atoms with E-state index in [-0.39, 0.29) is 18.4 Å². The highest BCUT2D eigenvalue weighted by molar-refractivity contribution is 6.11. The van der Waals surface area contributed by atoms with Crippen molar-refractivity contribution < 1.29 is 23.9 Å². The van der Waals surface area contributed by atoms with Gasteiger partial charge in [-0.3, -0.25) is 24.1 Å². The molecule has 7 nitrogen and oxygen atoms in total. The Kier molecular flexibility index (Phi) is 4.83. The highest BCUT2D eigenvalue weighted by Gasteiger charge is 2.33. The maximum Gasteiger partial charge on any atom is 0.326 e. The summed E-state index contributed by atoms with van der Waals surface area (Å²) in [6.45, 7) is 1.01. The summed E-state index contributed by atoms with van der Waals surface area (Å²) in [4.78, 5) is 48.9. The topological polar surface area (TPSA) is 92.8 Å². The fourth-order valence-electron chi connectivity index (χ4n) is 2.89. The molecular formula is C18H20N2O5. The number of hydrogen-bond acceptors (Lipinski definition) is 5. The third-order valence-electron chi connectivity index (χ3n) is 4.50. The molecule has 1 saturated carbocycles. The van der Waals surface area contributed by atoms with Crippen LogP contribution in [0.3, 0.4) is 0 Å². The highest BCUT2D eigenvalue weighted by atomic mass is 16.5. The normalized spacial score (nSPS) is 17.7. The molecule has 2 aliphatic rings. The molecule has 1 aromatic rings. The van der Waals surface area contributed by atoms with Crippen LogP contribution in [0.2, 0.25) is 0 Å². The van der Waals surface area contributed by atoms with Crippen molar-refractivity contribution in [3.63, 3.8) is 0 Å². The third kappa shape index (κ3) is 4.04. The number of benzene rings is 1. The quantitative estimate of drug-likeness (QED) is 0.605. The molecule has 1 fully saturated rings. The molecule has 0 spiro atoms. The fourth-order valence-corrected chi connectivity index (χ4v) is 2.89. The van der Waals surface area contributed by atoms with Crippen molar-refractivity contribution in [3.8, 4) is 0 Å². The van der Waals surface area contributed by atoms with Gasteiger partial charge in [-0.05, 0) is 37.3 Å². The SMILES string of the molecule is C[C@H](NC(=O)COC(=O)CN1C(=O)Cc2ccccc2C1=O)C1CC1. The number of ether oxygens (including phenoxy) is 1. The average molecular weight is 344 g/mol. The summed E-state index contributed by atoms with van der Waals surface area (Å²) < 4.78 is 4.90. The number of carbonyl (C=O) groups excluding carboxylic acids is 4. The Morgan fingerprint density at radius 3 is 2.72 bits per heavy atom. The number of esters is 1. The van der Waals surface area contributed by atoms with Crippen LogP contribution in [0, 0.1) is 5.92 Å². The predicted octanol–water partition coefficient (Wildman–Crippen LogP) is 0.669. The number of fused-ring (bicyclic) bond motifs is 1. The molecule has 0 aromatic heterocycles. The summed E-state index contributed by atoms with van der Waals surface area (Å²) in [5, 5.41) is 2.77. The van der Waals surface area contributed by atoms with Crippen molar-refractivity contribution in [1.29, 1.82) is 0 Å². The summed E-state index contributed by atoms with van der Waals surface area (Å²) in [6.07, 6.45) is 2.26. The van der Waals surface area contributed by atoms with E-state index in [4.69, 9.17) is 4.74 Å². The van der Waals surface area contributed by atoms with Crippen LogP contribution in [-0.4, -0.2) is 47.8 Å². The third-order valence-corrected chi connectivity index (χ3v) is 4.50. The van der Waals surface area contributed by atoms with Gasteiger partial charge in [0.2, 0.25) is 5.91 Å². The van der Waals surface area contributed by atoms with Gasteiger partial charge in [-0.15, -0.1) is 0 Å². The van der Waals surface area contributed by atoms with Crippen LogP contribution in [0.15, 0.2) is 24.3 Å². The van der Waals surface area contributed by atoms with E-state index in [0.717, 1.165) is 17.7 Å². The van der Waals surface area contributed by atoms with Crippen LogP contribution >= 0.6 is 0 Å². The van der Waals surface area contributed by atoms with Gasteiger partial charge in [-0.1, -0.05) is 18.2 Å². The lowest BCUT2D eigenvalue weighted by molar-refractivity contribution is -0.151. The molecule has 0 radical (unpaired) electrons. The second-order valence-corrected chi connectivity index (χ2v) is 6.47. The van der Waals surface area contributed by atoms with Crippen molar-refractivity contribution in [2.24, 2.45) is 5.92 Å². The van der Waals surface area contributed by atoms with Crippen LogP contribution in [0.1, 0.15) is 35.7 Å². The van der Waals surface area contributed by atoms with Gasteiger partial charge in [-0.25, -0.2) is 0 Å². The van der Waals surface area contributed by atoms with E-state index >= 15 is 0 Å². The summed E-state index contributed by atoms with van der Waals surface area (Å²) in [5.41, 5.74) is 1.06. The zero-order valence-electron chi connectivity index (χ0n) is 14.0. The first-order chi connectivity index (χ1) is 12.0. The Morgan fingerprint density at radius 2 is 2.00 bits per heavy atom. The average Bonchev–Trinajstić information content (AvgIpc) is 3.42. The van der Waals surface area contributed by atoms with Crippen LogP contribution in [0.4, 0.5) is 0 Å². The van der Waals surface area contributed by atoms with E-state index in [1.165, 1.54) is 0 Å². The van der Waals surface area contributed by atoms with Crippen molar-refractivity contribution in [1.82, 2.24) is 10.2 Å². The minimum Gasteiger partial charge on any atom is -0.454 e.